The maximum Gasteiger partial charge on any atom is 0.128 e. The van der Waals surface area contributed by atoms with E-state index in [1.165, 1.54) is 36.0 Å². The number of hydrogen-bond acceptors (Lipinski definition) is 3. The van der Waals surface area contributed by atoms with Gasteiger partial charge in [-0.2, -0.15) is 0 Å². The second-order valence-corrected chi connectivity index (χ2v) is 6.16. The molecule has 3 nitrogen and oxygen atoms in total. The Kier molecular flexibility index (Phi) is 5.07. The number of nitrogens with zero attached hydrogens (tertiary/aromatic N) is 2. The molecule has 3 heteroatoms. The first kappa shape index (κ1) is 15.0. The molecule has 1 fully saturated rings. The van der Waals surface area contributed by atoms with Gasteiger partial charge in [-0.3, -0.25) is 0 Å². The number of aryl methyl sites for hydroxylation is 1. The fourth-order valence-corrected chi connectivity index (χ4v) is 2.92. The first-order valence-corrected chi connectivity index (χ1v) is 8.27. The second kappa shape index (κ2) is 7.41. The fraction of sp³-hybridized carbons (Fsp3) is 0.421. The summed E-state index contributed by atoms with van der Waals surface area (Å²) in [7, 11) is 0. The molecule has 0 aliphatic carbocycles. The highest BCUT2D eigenvalue weighted by Gasteiger charge is 2.12. The van der Waals surface area contributed by atoms with Crippen LogP contribution < -0.4 is 10.2 Å². The van der Waals surface area contributed by atoms with E-state index in [0.29, 0.717) is 0 Å². The molecule has 0 saturated carbocycles. The van der Waals surface area contributed by atoms with Crippen LogP contribution in [0.5, 0.6) is 0 Å². The molecule has 1 aliphatic heterocycles. The lowest BCUT2D eigenvalue weighted by atomic mass is 10.1. The standard InChI is InChI=1S/C19H25N3/c1-16-5-7-17(8-6-16)14-20-15-18-9-10-21-19(13-18)22-11-3-2-4-12-22/h5-10,13,20H,2-4,11-12,14-15H2,1H3. The molecular weight excluding hydrogens is 270 g/mol. The van der Waals surface area contributed by atoms with Crippen molar-refractivity contribution in [2.45, 2.75) is 39.3 Å². The summed E-state index contributed by atoms with van der Waals surface area (Å²) >= 11 is 0. The number of nitrogens with one attached hydrogen (secondary N) is 1. The average molecular weight is 295 g/mol. The molecule has 2 aromatic rings. The van der Waals surface area contributed by atoms with Crippen molar-refractivity contribution < 1.29 is 0 Å². The van der Waals surface area contributed by atoms with Gasteiger partial charge in [0, 0.05) is 32.4 Å². The molecule has 1 N–H and O–H groups in total. The van der Waals surface area contributed by atoms with Crippen molar-refractivity contribution in [1.29, 1.82) is 0 Å². The summed E-state index contributed by atoms with van der Waals surface area (Å²) in [5.74, 6) is 1.13. The zero-order chi connectivity index (χ0) is 15.2. The van der Waals surface area contributed by atoms with Crippen molar-refractivity contribution in [3.63, 3.8) is 0 Å². The summed E-state index contributed by atoms with van der Waals surface area (Å²) in [6, 6.07) is 13.0. The quantitative estimate of drug-likeness (QED) is 0.912. The van der Waals surface area contributed by atoms with Crippen LogP contribution in [-0.2, 0) is 13.1 Å². The predicted octanol–water partition coefficient (Wildman–Crippen LogP) is 3.67. The number of rotatable bonds is 5. The highest BCUT2D eigenvalue weighted by Crippen LogP contribution is 2.18. The molecule has 0 radical (unpaired) electrons. The largest absolute Gasteiger partial charge is 0.357 e. The van der Waals surface area contributed by atoms with Crippen LogP contribution in [0.4, 0.5) is 5.82 Å². The van der Waals surface area contributed by atoms with Crippen molar-refractivity contribution in [3.05, 3.63) is 59.3 Å². The molecule has 0 spiro atoms. The Hall–Kier alpha value is -1.87. The van der Waals surface area contributed by atoms with Gasteiger partial charge < -0.3 is 10.2 Å². The molecule has 1 aliphatic rings. The Morgan fingerprint density at radius 1 is 0.955 bits per heavy atom. The Morgan fingerprint density at radius 3 is 2.45 bits per heavy atom. The highest BCUT2D eigenvalue weighted by atomic mass is 15.2. The van der Waals surface area contributed by atoms with E-state index >= 15 is 0 Å². The molecule has 0 atom stereocenters. The van der Waals surface area contributed by atoms with Crippen molar-refractivity contribution in [2.24, 2.45) is 0 Å². The van der Waals surface area contributed by atoms with E-state index in [9.17, 15) is 0 Å². The van der Waals surface area contributed by atoms with Crippen molar-refractivity contribution in [2.75, 3.05) is 18.0 Å². The zero-order valence-electron chi connectivity index (χ0n) is 13.4. The lowest BCUT2D eigenvalue weighted by molar-refractivity contribution is 0.573. The van der Waals surface area contributed by atoms with E-state index in [4.69, 9.17) is 0 Å². The maximum atomic E-state index is 4.54. The summed E-state index contributed by atoms with van der Waals surface area (Å²) in [5.41, 5.74) is 3.95. The van der Waals surface area contributed by atoms with Gasteiger partial charge in [0.05, 0.1) is 0 Å². The molecule has 1 saturated heterocycles. The average Bonchev–Trinajstić information content (AvgIpc) is 2.58. The molecule has 1 aromatic heterocycles. The third kappa shape index (κ3) is 4.08. The van der Waals surface area contributed by atoms with Crippen LogP contribution in [0.1, 0.15) is 36.0 Å². The molecule has 2 heterocycles. The SMILES string of the molecule is Cc1ccc(CNCc2ccnc(N3CCCCC3)c2)cc1. The zero-order valence-corrected chi connectivity index (χ0v) is 13.4. The van der Waals surface area contributed by atoms with E-state index in [-0.39, 0.29) is 0 Å². The van der Waals surface area contributed by atoms with Crippen LogP contribution in [-0.4, -0.2) is 18.1 Å². The summed E-state index contributed by atoms with van der Waals surface area (Å²) in [6.45, 7) is 6.20. The maximum absolute atomic E-state index is 4.54. The Balaban J connectivity index is 1.55. The van der Waals surface area contributed by atoms with Gasteiger partial charge in [0.1, 0.15) is 5.82 Å². The number of benzene rings is 1. The normalized spacial score (nSPS) is 15.0. The minimum absolute atomic E-state index is 0.886. The van der Waals surface area contributed by atoms with Gasteiger partial charge >= 0.3 is 0 Å². The molecule has 1 aromatic carbocycles. The minimum Gasteiger partial charge on any atom is -0.357 e. The number of anilines is 1. The van der Waals surface area contributed by atoms with Crippen LogP contribution in [0.25, 0.3) is 0 Å². The van der Waals surface area contributed by atoms with E-state index in [1.807, 2.05) is 6.20 Å². The van der Waals surface area contributed by atoms with Crippen LogP contribution >= 0.6 is 0 Å². The minimum atomic E-state index is 0.886. The van der Waals surface area contributed by atoms with Crippen molar-refractivity contribution >= 4 is 5.82 Å². The van der Waals surface area contributed by atoms with E-state index < -0.39 is 0 Å². The van der Waals surface area contributed by atoms with Gasteiger partial charge in [-0.05, 0) is 49.4 Å². The van der Waals surface area contributed by atoms with Gasteiger partial charge in [-0.1, -0.05) is 29.8 Å². The van der Waals surface area contributed by atoms with E-state index in [1.54, 1.807) is 0 Å². The highest BCUT2D eigenvalue weighted by molar-refractivity contribution is 5.41. The first-order chi connectivity index (χ1) is 10.8. The third-order valence-electron chi connectivity index (χ3n) is 4.27. The van der Waals surface area contributed by atoms with Gasteiger partial charge in [0.15, 0.2) is 0 Å². The molecule has 116 valence electrons. The lowest BCUT2D eigenvalue weighted by Crippen LogP contribution is -2.30. The van der Waals surface area contributed by atoms with E-state index in [0.717, 1.165) is 32.0 Å². The first-order valence-electron chi connectivity index (χ1n) is 8.27. The molecular formula is C19H25N3. The van der Waals surface area contributed by atoms with Crippen LogP contribution in [0.2, 0.25) is 0 Å². The van der Waals surface area contributed by atoms with Crippen LogP contribution in [0.3, 0.4) is 0 Å². The molecule has 3 rings (SSSR count). The lowest BCUT2D eigenvalue weighted by Gasteiger charge is -2.27. The number of aromatic nitrogens is 1. The summed E-state index contributed by atoms with van der Waals surface area (Å²) < 4.78 is 0. The number of piperidine rings is 1. The smallest absolute Gasteiger partial charge is 0.128 e. The number of hydrogen-bond donors (Lipinski definition) is 1. The molecule has 0 amide bonds. The summed E-state index contributed by atoms with van der Waals surface area (Å²) in [4.78, 5) is 6.95. The van der Waals surface area contributed by atoms with Gasteiger partial charge in [-0.25, -0.2) is 4.98 Å². The molecule has 0 unspecified atom stereocenters. The third-order valence-corrected chi connectivity index (χ3v) is 4.27. The van der Waals surface area contributed by atoms with Crippen molar-refractivity contribution in [1.82, 2.24) is 10.3 Å². The van der Waals surface area contributed by atoms with Crippen molar-refractivity contribution in [3.8, 4) is 0 Å². The Bertz CT molecular complexity index is 586. The topological polar surface area (TPSA) is 28.2 Å². The monoisotopic (exact) mass is 295 g/mol. The van der Waals surface area contributed by atoms with Gasteiger partial charge in [0.25, 0.3) is 0 Å². The molecule has 22 heavy (non-hydrogen) atoms. The predicted molar refractivity (Wildman–Crippen MR) is 92.0 cm³/mol. The van der Waals surface area contributed by atoms with Gasteiger partial charge in [0.2, 0.25) is 0 Å². The van der Waals surface area contributed by atoms with E-state index in [2.05, 4.69) is 58.5 Å². The van der Waals surface area contributed by atoms with Gasteiger partial charge in [-0.15, -0.1) is 0 Å². The van der Waals surface area contributed by atoms with Crippen LogP contribution in [0.15, 0.2) is 42.6 Å². The Labute approximate surface area is 133 Å². The van der Waals surface area contributed by atoms with Crippen LogP contribution in [0, 0.1) is 6.92 Å². The summed E-state index contributed by atoms with van der Waals surface area (Å²) in [6.07, 6.45) is 5.87. The fourth-order valence-electron chi connectivity index (χ4n) is 2.92. The Morgan fingerprint density at radius 2 is 1.68 bits per heavy atom. The summed E-state index contributed by atoms with van der Waals surface area (Å²) in [5, 5.41) is 3.52. The second-order valence-electron chi connectivity index (χ2n) is 6.16. The number of pyridine rings is 1. The molecule has 0 bridgehead atoms.